The van der Waals surface area contributed by atoms with E-state index < -0.39 is 0 Å². The van der Waals surface area contributed by atoms with Crippen molar-refractivity contribution in [3.63, 3.8) is 0 Å². The second-order valence-corrected chi connectivity index (χ2v) is 3.77. The molecule has 1 unspecified atom stereocenters. The Kier molecular flexibility index (Phi) is 4.60. The third-order valence-electron chi connectivity index (χ3n) is 2.56. The molecule has 0 saturated carbocycles. The van der Waals surface area contributed by atoms with Gasteiger partial charge in [0.15, 0.2) is 0 Å². The van der Waals surface area contributed by atoms with Gasteiger partial charge in [-0.1, -0.05) is 32.1 Å². The zero-order chi connectivity index (χ0) is 7.94. The largest absolute Gasteiger partial charge is 0.314 e. The second kappa shape index (κ2) is 5.59. The molecule has 1 heteroatoms. The van der Waals surface area contributed by atoms with Gasteiger partial charge in [0.05, 0.1) is 0 Å². The summed E-state index contributed by atoms with van der Waals surface area (Å²) in [5, 5.41) is 3.55. The van der Waals surface area contributed by atoms with Gasteiger partial charge in [-0.05, 0) is 26.3 Å². The van der Waals surface area contributed by atoms with Crippen molar-refractivity contribution >= 4 is 0 Å². The highest BCUT2D eigenvalue weighted by Crippen LogP contribution is 2.10. The van der Waals surface area contributed by atoms with Crippen LogP contribution in [-0.2, 0) is 0 Å². The summed E-state index contributed by atoms with van der Waals surface area (Å²) in [6, 6.07) is 0.757. The van der Waals surface area contributed by atoms with E-state index in [1.807, 2.05) is 0 Å². The van der Waals surface area contributed by atoms with E-state index in [1.54, 1.807) is 0 Å². The molecule has 0 radical (unpaired) electrons. The predicted octanol–water partition coefficient (Wildman–Crippen LogP) is 2.71. The summed E-state index contributed by atoms with van der Waals surface area (Å²) in [4.78, 5) is 0. The topological polar surface area (TPSA) is 12.0 Å². The predicted molar refractivity (Wildman–Crippen MR) is 49.8 cm³/mol. The van der Waals surface area contributed by atoms with Crippen LogP contribution in [0.3, 0.4) is 0 Å². The second-order valence-electron chi connectivity index (χ2n) is 3.77. The maximum Gasteiger partial charge on any atom is 0.00387 e. The van der Waals surface area contributed by atoms with Gasteiger partial charge in [0.25, 0.3) is 0 Å². The fourth-order valence-electron chi connectivity index (χ4n) is 1.73. The Bertz CT molecular complexity index is 80.9. The first-order chi connectivity index (χ1) is 5.39. The summed E-state index contributed by atoms with van der Waals surface area (Å²) in [6.07, 6.45) is 9.98. The Morgan fingerprint density at radius 1 is 0.909 bits per heavy atom. The highest BCUT2D eigenvalue weighted by atomic mass is 14.9. The molecule has 1 aliphatic rings. The van der Waals surface area contributed by atoms with Crippen LogP contribution in [-0.4, -0.2) is 12.6 Å². The smallest absolute Gasteiger partial charge is 0.00387 e. The summed E-state index contributed by atoms with van der Waals surface area (Å²) in [6.45, 7) is 3.54. The molecule has 1 fully saturated rings. The van der Waals surface area contributed by atoms with E-state index in [0.717, 1.165) is 6.04 Å². The summed E-state index contributed by atoms with van der Waals surface area (Å²) in [5.41, 5.74) is 0. The molecule has 0 spiro atoms. The van der Waals surface area contributed by atoms with Gasteiger partial charge in [-0.2, -0.15) is 0 Å². The van der Waals surface area contributed by atoms with Gasteiger partial charge in [0.1, 0.15) is 0 Å². The van der Waals surface area contributed by atoms with Crippen LogP contribution in [0.5, 0.6) is 0 Å². The zero-order valence-corrected chi connectivity index (χ0v) is 7.73. The number of hydrogen-bond acceptors (Lipinski definition) is 1. The third kappa shape index (κ3) is 4.41. The molecule has 0 aromatic rings. The van der Waals surface area contributed by atoms with Crippen molar-refractivity contribution in [1.82, 2.24) is 5.32 Å². The molecule has 1 rings (SSSR count). The molecule has 0 aliphatic carbocycles. The third-order valence-corrected chi connectivity index (χ3v) is 2.56. The van der Waals surface area contributed by atoms with Crippen LogP contribution in [0.25, 0.3) is 0 Å². The van der Waals surface area contributed by atoms with Crippen LogP contribution in [0.15, 0.2) is 0 Å². The van der Waals surface area contributed by atoms with Crippen LogP contribution in [0.4, 0.5) is 0 Å². The fraction of sp³-hybridized carbons (Fsp3) is 1.00. The lowest BCUT2D eigenvalue weighted by Gasteiger charge is -2.15. The Balaban J connectivity index is 2.12. The van der Waals surface area contributed by atoms with E-state index in [4.69, 9.17) is 0 Å². The zero-order valence-electron chi connectivity index (χ0n) is 7.73. The van der Waals surface area contributed by atoms with Crippen LogP contribution in [0, 0.1) is 0 Å². The average molecular weight is 155 g/mol. The summed E-state index contributed by atoms with van der Waals surface area (Å²) in [5.74, 6) is 0. The molecule has 0 amide bonds. The fourth-order valence-corrected chi connectivity index (χ4v) is 1.73. The van der Waals surface area contributed by atoms with E-state index in [2.05, 4.69) is 12.2 Å². The van der Waals surface area contributed by atoms with Crippen LogP contribution >= 0.6 is 0 Å². The standard InChI is InChI=1S/C10H21N/c1-10-8-6-4-2-3-5-7-9-11-10/h10-11H,2-9H2,1H3. The van der Waals surface area contributed by atoms with Gasteiger partial charge in [-0.3, -0.25) is 0 Å². The Morgan fingerprint density at radius 2 is 1.55 bits per heavy atom. The summed E-state index contributed by atoms with van der Waals surface area (Å²) >= 11 is 0. The number of nitrogens with one attached hydrogen (secondary N) is 1. The van der Waals surface area contributed by atoms with E-state index in [9.17, 15) is 0 Å². The van der Waals surface area contributed by atoms with Crippen molar-refractivity contribution < 1.29 is 0 Å². The minimum absolute atomic E-state index is 0.757. The van der Waals surface area contributed by atoms with Gasteiger partial charge in [-0.15, -0.1) is 0 Å². The number of rotatable bonds is 0. The van der Waals surface area contributed by atoms with E-state index >= 15 is 0 Å². The minimum Gasteiger partial charge on any atom is -0.314 e. The van der Waals surface area contributed by atoms with Crippen molar-refractivity contribution in [2.24, 2.45) is 0 Å². The molecule has 0 bridgehead atoms. The minimum atomic E-state index is 0.757. The molecule has 1 nitrogen and oxygen atoms in total. The monoisotopic (exact) mass is 155 g/mol. The number of hydrogen-bond donors (Lipinski definition) is 1. The van der Waals surface area contributed by atoms with E-state index in [-0.39, 0.29) is 0 Å². The van der Waals surface area contributed by atoms with Crippen molar-refractivity contribution in [2.45, 2.75) is 57.9 Å². The van der Waals surface area contributed by atoms with Crippen molar-refractivity contribution in [3.05, 3.63) is 0 Å². The molecule has 1 N–H and O–H groups in total. The molecule has 11 heavy (non-hydrogen) atoms. The molecule has 1 aliphatic heterocycles. The first kappa shape index (κ1) is 9.05. The van der Waals surface area contributed by atoms with Crippen LogP contribution in [0.1, 0.15) is 51.9 Å². The molecule has 0 aromatic heterocycles. The first-order valence-electron chi connectivity index (χ1n) is 5.13. The summed E-state index contributed by atoms with van der Waals surface area (Å²) in [7, 11) is 0. The van der Waals surface area contributed by atoms with Crippen molar-refractivity contribution in [1.29, 1.82) is 0 Å². The SMILES string of the molecule is CC1CCCCCCCCN1. The quantitative estimate of drug-likeness (QED) is 0.567. The lowest BCUT2D eigenvalue weighted by molar-refractivity contribution is 0.446. The molecule has 66 valence electrons. The van der Waals surface area contributed by atoms with E-state index in [1.165, 1.54) is 51.5 Å². The van der Waals surface area contributed by atoms with Gasteiger partial charge in [-0.25, -0.2) is 0 Å². The Hall–Kier alpha value is -0.0400. The van der Waals surface area contributed by atoms with Gasteiger partial charge in [0, 0.05) is 6.04 Å². The Morgan fingerprint density at radius 3 is 2.36 bits per heavy atom. The molecule has 1 atom stereocenters. The van der Waals surface area contributed by atoms with Crippen LogP contribution < -0.4 is 5.32 Å². The highest BCUT2D eigenvalue weighted by Gasteiger charge is 2.02. The lowest BCUT2D eigenvalue weighted by atomic mass is 10.0. The van der Waals surface area contributed by atoms with Gasteiger partial charge < -0.3 is 5.32 Å². The van der Waals surface area contributed by atoms with Crippen molar-refractivity contribution in [2.75, 3.05) is 6.54 Å². The normalized spacial score (nSPS) is 29.7. The summed E-state index contributed by atoms with van der Waals surface area (Å²) < 4.78 is 0. The van der Waals surface area contributed by atoms with Gasteiger partial charge in [0.2, 0.25) is 0 Å². The maximum absolute atomic E-state index is 3.55. The van der Waals surface area contributed by atoms with Crippen molar-refractivity contribution in [3.8, 4) is 0 Å². The van der Waals surface area contributed by atoms with Crippen LogP contribution in [0.2, 0.25) is 0 Å². The first-order valence-corrected chi connectivity index (χ1v) is 5.13. The Labute approximate surface area is 70.6 Å². The molecular weight excluding hydrogens is 134 g/mol. The molecular formula is C10H21N. The highest BCUT2D eigenvalue weighted by molar-refractivity contribution is 4.62. The van der Waals surface area contributed by atoms with Gasteiger partial charge >= 0.3 is 0 Å². The average Bonchev–Trinajstić information content (AvgIpc) is 2.03. The molecule has 0 aromatic carbocycles. The molecule has 1 heterocycles. The molecule has 1 saturated heterocycles. The maximum atomic E-state index is 3.55. The lowest BCUT2D eigenvalue weighted by Crippen LogP contribution is -2.27. The van der Waals surface area contributed by atoms with E-state index in [0.29, 0.717) is 0 Å².